The van der Waals surface area contributed by atoms with Crippen molar-refractivity contribution >= 4 is 0 Å². The van der Waals surface area contributed by atoms with Crippen LogP contribution in [0.2, 0.25) is 0 Å². The molecule has 0 spiro atoms. The van der Waals surface area contributed by atoms with Gasteiger partial charge in [0.1, 0.15) is 5.82 Å². The zero-order valence-corrected chi connectivity index (χ0v) is 9.46. The standard InChI is InChI=1S/C13H18FN/c1-10-6-7-15(8-10)9-12-11(2)4-3-5-13(12)14/h3-5,10H,6-9H2,1-2H3/t10-/m1/s1. The average molecular weight is 207 g/mol. The summed E-state index contributed by atoms with van der Waals surface area (Å²) in [5.41, 5.74) is 1.93. The lowest BCUT2D eigenvalue weighted by atomic mass is 10.1. The summed E-state index contributed by atoms with van der Waals surface area (Å²) in [6.07, 6.45) is 1.24. The van der Waals surface area contributed by atoms with E-state index in [4.69, 9.17) is 0 Å². The Hall–Kier alpha value is -0.890. The highest BCUT2D eigenvalue weighted by Gasteiger charge is 2.20. The van der Waals surface area contributed by atoms with Crippen molar-refractivity contribution in [2.24, 2.45) is 5.92 Å². The maximum absolute atomic E-state index is 13.6. The SMILES string of the molecule is Cc1cccc(F)c1CN1CC[C@@H](C)C1. The summed E-state index contributed by atoms with van der Waals surface area (Å²) in [4.78, 5) is 2.34. The van der Waals surface area contributed by atoms with Gasteiger partial charge in [0.2, 0.25) is 0 Å². The minimum Gasteiger partial charge on any atom is -0.299 e. The third-order valence-electron chi connectivity index (χ3n) is 3.24. The largest absolute Gasteiger partial charge is 0.299 e. The molecule has 0 aliphatic carbocycles. The molecule has 0 aromatic heterocycles. The van der Waals surface area contributed by atoms with Gasteiger partial charge in [-0.3, -0.25) is 4.90 Å². The van der Waals surface area contributed by atoms with Crippen molar-refractivity contribution in [3.63, 3.8) is 0 Å². The van der Waals surface area contributed by atoms with E-state index in [2.05, 4.69) is 11.8 Å². The van der Waals surface area contributed by atoms with E-state index in [0.717, 1.165) is 36.7 Å². The van der Waals surface area contributed by atoms with Crippen LogP contribution < -0.4 is 0 Å². The van der Waals surface area contributed by atoms with Crippen molar-refractivity contribution in [2.45, 2.75) is 26.8 Å². The molecule has 1 atom stereocenters. The van der Waals surface area contributed by atoms with Gasteiger partial charge in [-0.05, 0) is 37.4 Å². The fourth-order valence-electron chi connectivity index (χ4n) is 2.26. The summed E-state index contributed by atoms with van der Waals surface area (Å²) < 4.78 is 13.6. The summed E-state index contributed by atoms with van der Waals surface area (Å²) in [6, 6.07) is 5.32. The summed E-state index contributed by atoms with van der Waals surface area (Å²) in [5, 5.41) is 0. The number of nitrogens with zero attached hydrogens (tertiary/aromatic N) is 1. The van der Waals surface area contributed by atoms with Crippen molar-refractivity contribution in [1.82, 2.24) is 4.90 Å². The molecule has 0 radical (unpaired) electrons. The van der Waals surface area contributed by atoms with E-state index >= 15 is 0 Å². The summed E-state index contributed by atoms with van der Waals surface area (Å²) in [7, 11) is 0. The molecule has 0 saturated carbocycles. The van der Waals surface area contributed by atoms with Gasteiger partial charge in [-0.1, -0.05) is 19.1 Å². The Kier molecular flexibility index (Phi) is 3.06. The predicted molar refractivity (Wildman–Crippen MR) is 60.2 cm³/mol. The van der Waals surface area contributed by atoms with Crippen LogP contribution in [0.5, 0.6) is 0 Å². The number of benzene rings is 1. The van der Waals surface area contributed by atoms with Crippen molar-refractivity contribution in [2.75, 3.05) is 13.1 Å². The molecule has 0 unspecified atom stereocenters. The molecule has 1 saturated heterocycles. The van der Waals surface area contributed by atoms with Gasteiger partial charge >= 0.3 is 0 Å². The molecule has 1 nitrogen and oxygen atoms in total. The van der Waals surface area contributed by atoms with Crippen LogP contribution in [0.4, 0.5) is 4.39 Å². The van der Waals surface area contributed by atoms with Crippen LogP contribution in [-0.4, -0.2) is 18.0 Å². The number of halogens is 1. The highest BCUT2D eigenvalue weighted by Crippen LogP contribution is 2.20. The zero-order valence-electron chi connectivity index (χ0n) is 9.46. The van der Waals surface area contributed by atoms with E-state index in [-0.39, 0.29) is 5.82 Å². The van der Waals surface area contributed by atoms with Gasteiger partial charge in [0.15, 0.2) is 0 Å². The molecular weight excluding hydrogens is 189 g/mol. The van der Waals surface area contributed by atoms with Gasteiger partial charge in [-0.2, -0.15) is 0 Å². The van der Waals surface area contributed by atoms with E-state index in [9.17, 15) is 4.39 Å². The maximum atomic E-state index is 13.6. The van der Waals surface area contributed by atoms with Gasteiger partial charge in [-0.25, -0.2) is 4.39 Å². The highest BCUT2D eigenvalue weighted by atomic mass is 19.1. The lowest BCUT2D eigenvalue weighted by Gasteiger charge is -2.17. The second-order valence-electron chi connectivity index (χ2n) is 4.66. The lowest BCUT2D eigenvalue weighted by Crippen LogP contribution is -2.20. The molecule has 1 aromatic rings. The zero-order chi connectivity index (χ0) is 10.8. The monoisotopic (exact) mass is 207 g/mol. The molecule has 1 fully saturated rings. The van der Waals surface area contributed by atoms with Crippen LogP contribution >= 0.6 is 0 Å². The van der Waals surface area contributed by atoms with Gasteiger partial charge in [0.25, 0.3) is 0 Å². The van der Waals surface area contributed by atoms with E-state index in [1.54, 1.807) is 12.1 Å². The minimum absolute atomic E-state index is 0.0606. The fourth-order valence-corrected chi connectivity index (χ4v) is 2.26. The van der Waals surface area contributed by atoms with Gasteiger partial charge < -0.3 is 0 Å². The van der Waals surface area contributed by atoms with E-state index in [0.29, 0.717) is 0 Å². The van der Waals surface area contributed by atoms with Crippen LogP contribution in [0.15, 0.2) is 18.2 Å². The van der Waals surface area contributed by atoms with E-state index in [1.807, 2.05) is 13.0 Å². The summed E-state index contributed by atoms with van der Waals surface area (Å²) in [6.45, 7) is 7.22. The number of likely N-dealkylation sites (tertiary alicyclic amines) is 1. The molecule has 1 heterocycles. The molecule has 15 heavy (non-hydrogen) atoms. The minimum atomic E-state index is -0.0606. The summed E-state index contributed by atoms with van der Waals surface area (Å²) >= 11 is 0. The first kappa shape index (κ1) is 10.6. The molecule has 0 amide bonds. The van der Waals surface area contributed by atoms with Crippen LogP contribution in [0.25, 0.3) is 0 Å². The van der Waals surface area contributed by atoms with Gasteiger partial charge in [0.05, 0.1) is 0 Å². The third kappa shape index (κ3) is 2.37. The number of hydrogen-bond acceptors (Lipinski definition) is 1. The Balaban J connectivity index is 2.10. The third-order valence-corrected chi connectivity index (χ3v) is 3.24. The van der Waals surface area contributed by atoms with Crippen molar-refractivity contribution < 1.29 is 4.39 Å². The molecule has 2 heteroatoms. The molecule has 2 rings (SSSR count). The Morgan fingerprint density at radius 2 is 2.27 bits per heavy atom. The second-order valence-corrected chi connectivity index (χ2v) is 4.66. The van der Waals surface area contributed by atoms with Gasteiger partial charge in [-0.15, -0.1) is 0 Å². The van der Waals surface area contributed by atoms with Crippen molar-refractivity contribution in [3.05, 3.63) is 35.1 Å². The summed E-state index contributed by atoms with van der Waals surface area (Å²) in [5.74, 6) is 0.701. The first-order valence-corrected chi connectivity index (χ1v) is 5.63. The van der Waals surface area contributed by atoms with E-state index in [1.165, 1.54) is 6.42 Å². The predicted octanol–water partition coefficient (Wildman–Crippen LogP) is 2.98. The molecule has 82 valence electrons. The molecular formula is C13H18FN. The van der Waals surface area contributed by atoms with Crippen LogP contribution in [-0.2, 0) is 6.54 Å². The van der Waals surface area contributed by atoms with Crippen molar-refractivity contribution in [1.29, 1.82) is 0 Å². The smallest absolute Gasteiger partial charge is 0.127 e. The van der Waals surface area contributed by atoms with Gasteiger partial charge in [0, 0.05) is 18.7 Å². The highest BCUT2D eigenvalue weighted by molar-refractivity contribution is 5.27. The fraction of sp³-hybridized carbons (Fsp3) is 0.538. The first-order chi connectivity index (χ1) is 7.16. The molecule has 1 aliphatic rings. The van der Waals surface area contributed by atoms with Crippen LogP contribution in [0, 0.1) is 18.7 Å². The topological polar surface area (TPSA) is 3.24 Å². The number of rotatable bonds is 2. The molecule has 0 N–H and O–H groups in total. The maximum Gasteiger partial charge on any atom is 0.127 e. The molecule has 0 bridgehead atoms. The number of hydrogen-bond donors (Lipinski definition) is 0. The Bertz CT molecular complexity index is 328. The normalized spacial score (nSPS) is 22.2. The lowest BCUT2D eigenvalue weighted by molar-refractivity contribution is 0.314. The number of aryl methyl sites for hydroxylation is 1. The molecule has 1 aliphatic heterocycles. The molecule has 1 aromatic carbocycles. The van der Waals surface area contributed by atoms with E-state index < -0.39 is 0 Å². The Labute approximate surface area is 90.9 Å². The quantitative estimate of drug-likeness (QED) is 0.720. The van der Waals surface area contributed by atoms with Crippen molar-refractivity contribution in [3.8, 4) is 0 Å². The van der Waals surface area contributed by atoms with Crippen LogP contribution in [0.1, 0.15) is 24.5 Å². The average Bonchev–Trinajstić information content (AvgIpc) is 2.58. The first-order valence-electron chi connectivity index (χ1n) is 5.63. The Morgan fingerprint density at radius 1 is 1.47 bits per heavy atom. The second kappa shape index (κ2) is 4.31. The Morgan fingerprint density at radius 3 is 2.87 bits per heavy atom. The van der Waals surface area contributed by atoms with Crippen LogP contribution in [0.3, 0.4) is 0 Å².